The lowest BCUT2D eigenvalue weighted by molar-refractivity contribution is -0.131. The third-order valence-corrected chi connectivity index (χ3v) is 4.35. The maximum Gasteiger partial charge on any atom is 0.236 e. The van der Waals surface area contributed by atoms with E-state index in [1.807, 2.05) is 16.8 Å². The second-order valence-corrected chi connectivity index (χ2v) is 5.73. The Labute approximate surface area is 131 Å². The third kappa shape index (κ3) is 2.21. The van der Waals surface area contributed by atoms with Gasteiger partial charge in [-0.2, -0.15) is 10.4 Å². The van der Waals surface area contributed by atoms with E-state index in [2.05, 4.69) is 20.3 Å². The number of aromatic nitrogens is 5. The number of fused-ring (bicyclic) bond motifs is 3. The van der Waals surface area contributed by atoms with E-state index in [0.717, 1.165) is 29.3 Å². The van der Waals surface area contributed by atoms with E-state index in [1.165, 1.54) is 0 Å². The highest BCUT2D eigenvalue weighted by molar-refractivity contribution is 6.00. The maximum atomic E-state index is 12.0. The van der Waals surface area contributed by atoms with Crippen molar-refractivity contribution in [2.45, 2.75) is 25.3 Å². The van der Waals surface area contributed by atoms with E-state index >= 15 is 0 Å². The predicted molar refractivity (Wildman–Crippen MR) is 82.3 cm³/mol. The van der Waals surface area contributed by atoms with Crippen LogP contribution in [0, 0.1) is 11.3 Å². The molecule has 3 aromatic rings. The first kappa shape index (κ1) is 13.7. The summed E-state index contributed by atoms with van der Waals surface area (Å²) in [5.74, 6) is -0.108. The molecule has 1 aliphatic heterocycles. The van der Waals surface area contributed by atoms with E-state index in [0.29, 0.717) is 18.7 Å². The number of piperidine rings is 1. The zero-order valence-corrected chi connectivity index (χ0v) is 12.4. The number of rotatable bonds is 2. The van der Waals surface area contributed by atoms with Gasteiger partial charge in [-0.25, -0.2) is 15.2 Å². The molecule has 3 aromatic heterocycles. The molecule has 116 valence electrons. The normalized spacial score (nSPS) is 18.4. The summed E-state index contributed by atoms with van der Waals surface area (Å²) >= 11 is 0. The van der Waals surface area contributed by atoms with E-state index in [9.17, 15) is 4.79 Å². The number of pyridine rings is 1. The van der Waals surface area contributed by atoms with E-state index in [-0.39, 0.29) is 18.4 Å². The Morgan fingerprint density at radius 1 is 1.48 bits per heavy atom. The quantitative estimate of drug-likeness (QED) is 0.770. The molecule has 4 rings (SSSR count). The number of carbonyl (C=O) groups is 1. The molecule has 0 unspecified atom stereocenters. The molecule has 0 radical (unpaired) electrons. The lowest BCUT2D eigenvalue weighted by Crippen LogP contribution is -2.40. The summed E-state index contributed by atoms with van der Waals surface area (Å²) in [7, 11) is 0. The predicted octanol–water partition coefficient (Wildman–Crippen LogP) is 1.38. The second-order valence-electron chi connectivity index (χ2n) is 5.73. The van der Waals surface area contributed by atoms with Gasteiger partial charge in [0.2, 0.25) is 5.91 Å². The molecule has 0 spiro atoms. The first-order valence-electron chi connectivity index (χ1n) is 7.58. The van der Waals surface area contributed by atoms with Crippen LogP contribution in [0.25, 0.3) is 22.1 Å². The molecule has 0 saturated carbocycles. The SMILES string of the molecule is N#CCC(=O)N1CCC[C@@H](n2[nH]nc3cnc4nccc4c32)C1. The number of carbonyl (C=O) groups excluding carboxylic acids is 1. The van der Waals surface area contributed by atoms with Crippen molar-refractivity contribution in [2.24, 2.45) is 0 Å². The summed E-state index contributed by atoms with van der Waals surface area (Å²) in [4.78, 5) is 22.3. The topological polar surface area (TPSA) is 103 Å². The number of nitriles is 1. The zero-order chi connectivity index (χ0) is 15.8. The minimum atomic E-state index is -0.108. The number of amides is 1. The lowest BCUT2D eigenvalue weighted by atomic mass is 10.1. The van der Waals surface area contributed by atoms with Gasteiger partial charge >= 0.3 is 0 Å². The molecule has 1 aliphatic rings. The average molecular weight is 309 g/mol. The van der Waals surface area contributed by atoms with Crippen molar-refractivity contribution >= 4 is 28.0 Å². The zero-order valence-electron chi connectivity index (χ0n) is 12.4. The minimum absolute atomic E-state index is 0.0674. The Balaban J connectivity index is 1.72. The average Bonchev–Trinajstić information content (AvgIpc) is 3.21. The van der Waals surface area contributed by atoms with Gasteiger partial charge in [0.15, 0.2) is 5.65 Å². The number of nitrogens with zero attached hydrogens (tertiary/aromatic N) is 6. The van der Waals surface area contributed by atoms with Crippen molar-refractivity contribution in [1.29, 1.82) is 5.26 Å². The van der Waals surface area contributed by atoms with Gasteiger partial charge in [0.05, 0.1) is 23.8 Å². The molecule has 1 N–H and O–H groups in total. The van der Waals surface area contributed by atoms with Gasteiger partial charge in [0, 0.05) is 24.7 Å². The van der Waals surface area contributed by atoms with Gasteiger partial charge in [-0.15, -0.1) is 0 Å². The van der Waals surface area contributed by atoms with Gasteiger partial charge in [0.1, 0.15) is 11.9 Å². The monoisotopic (exact) mass is 309 g/mol. The smallest absolute Gasteiger partial charge is 0.236 e. The number of likely N-dealkylation sites (tertiary alicyclic amines) is 1. The molecule has 23 heavy (non-hydrogen) atoms. The fourth-order valence-corrected chi connectivity index (χ4v) is 3.26. The van der Waals surface area contributed by atoms with Crippen LogP contribution >= 0.6 is 0 Å². The fourth-order valence-electron chi connectivity index (χ4n) is 3.26. The van der Waals surface area contributed by atoms with Gasteiger partial charge in [0.25, 0.3) is 0 Å². The number of nitrogens with one attached hydrogen (secondary N) is 1. The highest BCUT2D eigenvalue weighted by Gasteiger charge is 2.26. The molecule has 1 atom stereocenters. The highest BCUT2D eigenvalue weighted by Crippen LogP contribution is 2.28. The number of aromatic amines is 1. The van der Waals surface area contributed by atoms with Crippen LogP contribution in [-0.2, 0) is 4.79 Å². The van der Waals surface area contributed by atoms with Crippen molar-refractivity contribution in [3.63, 3.8) is 0 Å². The first-order valence-corrected chi connectivity index (χ1v) is 7.58. The standard InChI is InChI=1S/C15H15N7O/c16-5-3-13(23)21-7-1-2-10(9-21)22-14-11-4-6-17-15(11)18-8-12(14)19-20-22/h4,6,8,10,20H,1-3,7,9H2/t10-/m1/s1. The van der Waals surface area contributed by atoms with Crippen LogP contribution in [0.1, 0.15) is 25.3 Å². The summed E-state index contributed by atoms with van der Waals surface area (Å²) in [6.45, 7) is 1.29. The first-order chi connectivity index (χ1) is 11.3. The van der Waals surface area contributed by atoms with Gasteiger partial charge < -0.3 is 4.90 Å². The summed E-state index contributed by atoms with van der Waals surface area (Å²) in [6.07, 6.45) is 5.23. The highest BCUT2D eigenvalue weighted by atomic mass is 16.2. The molecule has 1 amide bonds. The Kier molecular flexibility index (Phi) is 3.19. The number of hydrogen-bond acceptors (Lipinski definition) is 5. The summed E-state index contributed by atoms with van der Waals surface area (Å²) in [6, 6.07) is 3.97. The third-order valence-electron chi connectivity index (χ3n) is 4.35. The molecular weight excluding hydrogens is 294 g/mol. The van der Waals surface area contributed by atoms with Crippen molar-refractivity contribution in [3.8, 4) is 6.07 Å². The number of H-pyrrole nitrogens is 1. The molecular formula is C15H15N7O. The largest absolute Gasteiger partial charge is 0.340 e. The van der Waals surface area contributed by atoms with Crippen LogP contribution in [0.3, 0.4) is 0 Å². The summed E-state index contributed by atoms with van der Waals surface area (Å²) < 4.78 is 2.01. The van der Waals surface area contributed by atoms with Crippen LogP contribution in [-0.4, -0.2) is 48.9 Å². The molecule has 0 aliphatic carbocycles. The van der Waals surface area contributed by atoms with Gasteiger partial charge in [-0.05, 0) is 18.9 Å². The lowest BCUT2D eigenvalue weighted by Gasteiger charge is -2.33. The van der Waals surface area contributed by atoms with Gasteiger partial charge in [-0.3, -0.25) is 9.48 Å². The Morgan fingerprint density at radius 3 is 3.26 bits per heavy atom. The second kappa shape index (κ2) is 5.35. The molecule has 4 heterocycles. The van der Waals surface area contributed by atoms with E-state index in [1.54, 1.807) is 17.3 Å². The molecule has 1 fully saturated rings. The van der Waals surface area contributed by atoms with Crippen molar-refractivity contribution in [3.05, 3.63) is 18.5 Å². The molecule has 0 bridgehead atoms. The van der Waals surface area contributed by atoms with Crippen LogP contribution in [0.4, 0.5) is 0 Å². The number of hydrogen-bond donors (Lipinski definition) is 1. The minimum Gasteiger partial charge on any atom is -0.340 e. The summed E-state index contributed by atoms with van der Waals surface area (Å²) in [5.41, 5.74) is 2.44. The molecule has 0 aromatic carbocycles. The van der Waals surface area contributed by atoms with Crippen molar-refractivity contribution in [1.82, 2.24) is 29.9 Å². The van der Waals surface area contributed by atoms with Gasteiger partial charge in [-0.1, -0.05) is 0 Å². The van der Waals surface area contributed by atoms with Crippen molar-refractivity contribution < 1.29 is 4.79 Å². The van der Waals surface area contributed by atoms with E-state index < -0.39 is 0 Å². The van der Waals surface area contributed by atoms with Crippen LogP contribution in [0.15, 0.2) is 18.5 Å². The van der Waals surface area contributed by atoms with Crippen LogP contribution in [0.5, 0.6) is 0 Å². The Hall–Kier alpha value is -2.95. The van der Waals surface area contributed by atoms with Crippen molar-refractivity contribution in [2.75, 3.05) is 13.1 Å². The Bertz CT molecular complexity index is 919. The Morgan fingerprint density at radius 2 is 2.39 bits per heavy atom. The molecule has 8 nitrogen and oxygen atoms in total. The fraction of sp³-hybridized carbons (Fsp3) is 0.400. The summed E-state index contributed by atoms with van der Waals surface area (Å²) in [5, 5.41) is 17.1. The van der Waals surface area contributed by atoms with E-state index in [4.69, 9.17) is 5.26 Å². The maximum absolute atomic E-state index is 12.0. The molecule has 1 saturated heterocycles. The molecule has 8 heteroatoms. The van der Waals surface area contributed by atoms with Crippen LogP contribution in [0.2, 0.25) is 0 Å². The van der Waals surface area contributed by atoms with Crippen LogP contribution < -0.4 is 0 Å².